The van der Waals surface area contributed by atoms with Crippen molar-refractivity contribution >= 4 is 0 Å². The molecule has 6 nitrogen and oxygen atoms in total. The molecule has 2 atom stereocenters. The number of aromatic nitrogens is 3. The van der Waals surface area contributed by atoms with Crippen molar-refractivity contribution in [3.8, 4) is 6.01 Å². The Balaban J connectivity index is 1.37. The summed E-state index contributed by atoms with van der Waals surface area (Å²) >= 11 is 0. The van der Waals surface area contributed by atoms with Gasteiger partial charge in [0.1, 0.15) is 6.10 Å². The number of hydrogen-bond donors (Lipinski definition) is 0. The second-order valence-electron chi connectivity index (χ2n) is 7.05. The third-order valence-corrected chi connectivity index (χ3v) is 4.94. The number of hydrogen-bond acceptors (Lipinski definition) is 6. The van der Waals surface area contributed by atoms with Crippen LogP contribution in [0.15, 0.2) is 36.7 Å². The van der Waals surface area contributed by atoms with E-state index >= 15 is 0 Å². The SMILES string of the molecule is Cc1cccc(CN2CCC[C@]3(C[C@@H](Oc4ncccn4)CO3)C2)n1. The van der Waals surface area contributed by atoms with Gasteiger partial charge >= 0.3 is 6.01 Å². The summed E-state index contributed by atoms with van der Waals surface area (Å²) in [4.78, 5) is 15.4. The highest BCUT2D eigenvalue weighted by Gasteiger charge is 2.44. The molecule has 0 amide bonds. The third kappa shape index (κ3) is 3.96. The molecular weight excluding hydrogens is 316 g/mol. The van der Waals surface area contributed by atoms with E-state index in [-0.39, 0.29) is 11.7 Å². The molecule has 2 aromatic heterocycles. The fourth-order valence-corrected chi connectivity index (χ4v) is 3.90. The summed E-state index contributed by atoms with van der Waals surface area (Å²) in [5, 5.41) is 0. The normalized spacial score (nSPS) is 26.8. The van der Waals surface area contributed by atoms with Gasteiger partial charge in [-0.05, 0) is 44.5 Å². The molecule has 0 N–H and O–H groups in total. The first-order valence-electron chi connectivity index (χ1n) is 8.93. The predicted octanol–water partition coefficient (Wildman–Crippen LogP) is 2.38. The van der Waals surface area contributed by atoms with Gasteiger partial charge in [0.25, 0.3) is 0 Å². The summed E-state index contributed by atoms with van der Waals surface area (Å²) in [5.74, 6) is 0. The minimum absolute atomic E-state index is 0.0273. The largest absolute Gasteiger partial charge is 0.458 e. The fourth-order valence-electron chi connectivity index (χ4n) is 3.90. The molecule has 0 bridgehead atoms. The summed E-state index contributed by atoms with van der Waals surface area (Å²) in [6.07, 6.45) is 6.54. The summed E-state index contributed by atoms with van der Waals surface area (Å²) in [6.45, 7) is 5.54. The van der Waals surface area contributed by atoms with Gasteiger partial charge in [0.05, 0.1) is 17.9 Å². The van der Waals surface area contributed by atoms with E-state index in [0.29, 0.717) is 12.6 Å². The van der Waals surface area contributed by atoms with Gasteiger partial charge in [-0.2, -0.15) is 0 Å². The van der Waals surface area contributed by atoms with Crippen LogP contribution in [0.2, 0.25) is 0 Å². The average molecular weight is 340 g/mol. The standard InChI is InChI=1S/C19H24N4O2/c1-15-5-2-6-16(22-15)12-23-10-3-7-19(14-23)11-17(13-24-19)25-18-20-8-4-9-21-18/h2,4-6,8-9,17H,3,7,10-14H2,1H3/t17-,19+/m1/s1. The van der Waals surface area contributed by atoms with Crippen molar-refractivity contribution in [2.45, 2.75) is 44.4 Å². The molecule has 1 spiro atoms. The zero-order valence-electron chi connectivity index (χ0n) is 14.6. The van der Waals surface area contributed by atoms with Crippen LogP contribution >= 0.6 is 0 Å². The molecule has 0 saturated carbocycles. The van der Waals surface area contributed by atoms with Gasteiger partial charge in [-0.15, -0.1) is 0 Å². The highest BCUT2D eigenvalue weighted by molar-refractivity contribution is 5.10. The first-order chi connectivity index (χ1) is 12.2. The van der Waals surface area contributed by atoms with Crippen molar-refractivity contribution in [1.82, 2.24) is 19.9 Å². The Morgan fingerprint density at radius 3 is 3.00 bits per heavy atom. The van der Waals surface area contributed by atoms with Crippen LogP contribution < -0.4 is 4.74 Å². The number of rotatable bonds is 4. The van der Waals surface area contributed by atoms with Gasteiger partial charge in [-0.3, -0.25) is 9.88 Å². The summed E-state index contributed by atoms with van der Waals surface area (Å²) in [6, 6.07) is 8.44. The summed E-state index contributed by atoms with van der Waals surface area (Å²) in [5.41, 5.74) is 2.08. The van der Waals surface area contributed by atoms with E-state index in [0.717, 1.165) is 50.3 Å². The van der Waals surface area contributed by atoms with E-state index in [1.807, 2.05) is 13.0 Å². The first-order valence-corrected chi connectivity index (χ1v) is 8.93. The lowest BCUT2D eigenvalue weighted by molar-refractivity contribution is -0.0541. The average Bonchev–Trinajstić information content (AvgIpc) is 2.97. The van der Waals surface area contributed by atoms with E-state index < -0.39 is 0 Å². The number of nitrogens with zero attached hydrogens (tertiary/aromatic N) is 4. The summed E-state index contributed by atoms with van der Waals surface area (Å²) < 4.78 is 12.1. The van der Waals surface area contributed by atoms with Crippen LogP contribution in [0.25, 0.3) is 0 Å². The molecule has 0 unspecified atom stereocenters. The number of pyridine rings is 1. The Hall–Kier alpha value is -2.05. The molecule has 6 heteroatoms. The molecule has 2 aliphatic rings. The Bertz CT molecular complexity index is 712. The van der Waals surface area contributed by atoms with Crippen LogP contribution in [0, 0.1) is 6.92 Å². The minimum Gasteiger partial charge on any atom is -0.458 e. The second-order valence-corrected chi connectivity index (χ2v) is 7.05. The molecule has 25 heavy (non-hydrogen) atoms. The molecule has 2 aromatic rings. The molecule has 132 valence electrons. The number of likely N-dealkylation sites (tertiary alicyclic amines) is 1. The lowest BCUT2D eigenvalue weighted by atomic mass is 9.89. The van der Waals surface area contributed by atoms with Gasteiger partial charge in [0.15, 0.2) is 0 Å². The highest BCUT2D eigenvalue weighted by Crippen LogP contribution is 2.36. The molecule has 2 aliphatic heterocycles. The number of aryl methyl sites for hydroxylation is 1. The van der Waals surface area contributed by atoms with Crippen molar-refractivity contribution in [1.29, 1.82) is 0 Å². The van der Waals surface area contributed by atoms with E-state index in [1.165, 1.54) is 0 Å². The van der Waals surface area contributed by atoms with Crippen molar-refractivity contribution in [3.05, 3.63) is 48.0 Å². The van der Waals surface area contributed by atoms with E-state index in [1.54, 1.807) is 18.5 Å². The molecule has 0 aliphatic carbocycles. The van der Waals surface area contributed by atoms with Crippen LogP contribution in [0.1, 0.15) is 30.7 Å². The Kier molecular flexibility index (Phi) is 4.63. The van der Waals surface area contributed by atoms with Crippen LogP contribution in [0.4, 0.5) is 0 Å². The van der Waals surface area contributed by atoms with Crippen LogP contribution in [0.3, 0.4) is 0 Å². The molecule has 0 aromatic carbocycles. The number of piperidine rings is 1. The van der Waals surface area contributed by atoms with Crippen LogP contribution in [-0.4, -0.2) is 51.3 Å². The topological polar surface area (TPSA) is 60.4 Å². The first kappa shape index (κ1) is 16.4. The van der Waals surface area contributed by atoms with Gasteiger partial charge < -0.3 is 9.47 Å². The van der Waals surface area contributed by atoms with Crippen molar-refractivity contribution in [2.24, 2.45) is 0 Å². The van der Waals surface area contributed by atoms with Gasteiger partial charge in [0.2, 0.25) is 0 Å². The Labute approximate surface area is 148 Å². The van der Waals surface area contributed by atoms with Crippen molar-refractivity contribution in [2.75, 3.05) is 19.7 Å². The van der Waals surface area contributed by atoms with Crippen LogP contribution in [-0.2, 0) is 11.3 Å². The fraction of sp³-hybridized carbons (Fsp3) is 0.526. The smallest absolute Gasteiger partial charge is 0.316 e. The Morgan fingerprint density at radius 1 is 1.28 bits per heavy atom. The highest BCUT2D eigenvalue weighted by atomic mass is 16.6. The Morgan fingerprint density at radius 2 is 2.16 bits per heavy atom. The number of ether oxygens (including phenoxy) is 2. The van der Waals surface area contributed by atoms with E-state index in [2.05, 4.69) is 32.0 Å². The predicted molar refractivity (Wildman–Crippen MR) is 93.2 cm³/mol. The zero-order valence-corrected chi connectivity index (χ0v) is 14.6. The molecule has 0 radical (unpaired) electrons. The van der Waals surface area contributed by atoms with Crippen molar-refractivity contribution < 1.29 is 9.47 Å². The molecule has 2 fully saturated rings. The maximum absolute atomic E-state index is 6.22. The maximum atomic E-state index is 6.22. The molecule has 4 heterocycles. The molecule has 2 saturated heterocycles. The molecular formula is C19H24N4O2. The lowest BCUT2D eigenvalue weighted by Gasteiger charge is -2.39. The third-order valence-electron chi connectivity index (χ3n) is 4.94. The lowest BCUT2D eigenvalue weighted by Crippen LogP contribution is -2.47. The van der Waals surface area contributed by atoms with Crippen LogP contribution in [0.5, 0.6) is 6.01 Å². The van der Waals surface area contributed by atoms with Gasteiger partial charge in [0, 0.05) is 37.6 Å². The minimum atomic E-state index is -0.110. The second kappa shape index (κ2) is 7.06. The summed E-state index contributed by atoms with van der Waals surface area (Å²) in [7, 11) is 0. The zero-order chi connectivity index (χ0) is 17.1. The van der Waals surface area contributed by atoms with Gasteiger partial charge in [-0.1, -0.05) is 6.07 Å². The van der Waals surface area contributed by atoms with E-state index in [9.17, 15) is 0 Å². The van der Waals surface area contributed by atoms with Crippen molar-refractivity contribution in [3.63, 3.8) is 0 Å². The molecule has 4 rings (SSSR count). The van der Waals surface area contributed by atoms with Gasteiger partial charge in [-0.25, -0.2) is 9.97 Å². The quantitative estimate of drug-likeness (QED) is 0.852. The van der Waals surface area contributed by atoms with E-state index in [4.69, 9.17) is 9.47 Å². The monoisotopic (exact) mass is 340 g/mol. The maximum Gasteiger partial charge on any atom is 0.316 e.